The molecule has 0 aliphatic carbocycles. The Morgan fingerprint density at radius 3 is 3.07 bits per heavy atom. The summed E-state index contributed by atoms with van der Waals surface area (Å²) in [6.45, 7) is 1.65. The third kappa shape index (κ3) is 2.59. The number of halogens is 1. The van der Waals surface area contributed by atoms with Crippen LogP contribution in [0.25, 0.3) is 0 Å². The van der Waals surface area contributed by atoms with Gasteiger partial charge in [0.15, 0.2) is 0 Å². The van der Waals surface area contributed by atoms with Crippen molar-refractivity contribution in [3.05, 3.63) is 23.4 Å². The van der Waals surface area contributed by atoms with Gasteiger partial charge in [-0.15, -0.1) is 0 Å². The second-order valence-electron chi connectivity index (χ2n) is 3.42. The van der Waals surface area contributed by atoms with Crippen LogP contribution >= 0.6 is 11.6 Å². The molecule has 0 aromatic carbocycles. The maximum absolute atomic E-state index is 5.74. The fraction of sp³-hybridized carbons (Fsp3) is 0.500. The van der Waals surface area contributed by atoms with E-state index in [0.29, 0.717) is 11.1 Å². The van der Waals surface area contributed by atoms with Crippen molar-refractivity contribution >= 4 is 17.4 Å². The second-order valence-corrected chi connectivity index (χ2v) is 3.86. The molecule has 1 fully saturated rings. The van der Waals surface area contributed by atoms with Crippen LogP contribution in [-0.2, 0) is 4.74 Å². The largest absolute Gasteiger partial charge is 0.379 e. The fourth-order valence-electron chi connectivity index (χ4n) is 1.52. The molecule has 0 amide bonds. The van der Waals surface area contributed by atoms with Crippen LogP contribution in [-0.4, -0.2) is 24.2 Å². The van der Waals surface area contributed by atoms with Gasteiger partial charge in [-0.2, -0.15) is 0 Å². The first-order valence-corrected chi connectivity index (χ1v) is 5.18. The van der Waals surface area contributed by atoms with Gasteiger partial charge in [0.25, 0.3) is 0 Å². The molecule has 3 nitrogen and oxygen atoms in total. The molecule has 2 heterocycles. The van der Waals surface area contributed by atoms with E-state index in [-0.39, 0.29) is 0 Å². The van der Waals surface area contributed by atoms with Gasteiger partial charge in [0.2, 0.25) is 0 Å². The Labute approximate surface area is 88.4 Å². The molecular formula is C10H13ClN2O. The van der Waals surface area contributed by atoms with E-state index < -0.39 is 0 Å². The van der Waals surface area contributed by atoms with Gasteiger partial charge >= 0.3 is 0 Å². The van der Waals surface area contributed by atoms with Crippen LogP contribution in [0.3, 0.4) is 0 Å². The number of nitrogens with one attached hydrogen (secondary N) is 1. The Kier molecular flexibility index (Phi) is 3.22. The molecule has 1 aromatic heterocycles. The summed E-state index contributed by atoms with van der Waals surface area (Å²) < 4.78 is 5.36. The minimum atomic E-state index is 0.387. The van der Waals surface area contributed by atoms with Crippen LogP contribution in [0.4, 0.5) is 5.82 Å². The molecular weight excluding hydrogens is 200 g/mol. The van der Waals surface area contributed by atoms with E-state index in [4.69, 9.17) is 16.3 Å². The van der Waals surface area contributed by atoms with Crippen LogP contribution in [0.1, 0.15) is 12.8 Å². The molecule has 76 valence electrons. The standard InChI is InChI=1S/C10H13ClN2O/c11-8-3-4-10(12-6-8)13-9-2-1-5-14-7-9/h3-4,6,9H,1-2,5,7H2,(H,12,13). The molecule has 1 N–H and O–H groups in total. The fourth-order valence-corrected chi connectivity index (χ4v) is 1.64. The third-order valence-electron chi connectivity index (χ3n) is 2.24. The van der Waals surface area contributed by atoms with Gasteiger partial charge in [-0.25, -0.2) is 4.98 Å². The molecule has 0 radical (unpaired) electrons. The smallest absolute Gasteiger partial charge is 0.126 e. The highest BCUT2D eigenvalue weighted by Gasteiger charge is 2.13. The van der Waals surface area contributed by atoms with Crippen molar-refractivity contribution < 1.29 is 4.74 Å². The highest BCUT2D eigenvalue weighted by atomic mass is 35.5. The highest BCUT2D eigenvalue weighted by molar-refractivity contribution is 6.30. The van der Waals surface area contributed by atoms with Crippen LogP contribution in [0.2, 0.25) is 5.02 Å². The van der Waals surface area contributed by atoms with Crippen LogP contribution in [0, 0.1) is 0 Å². The van der Waals surface area contributed by atoms with E-state index in [1.54, 1.807) is 6.20 Å². The molecule has 2 rings (SSSR count). The summed E-state index contributed by atoms with van der Waals surface area (Å²) in [5.41, 5.74) is 0. The number of nitrogens with zero attached hydrogens (tertiary/aromatic N) is 1. The number of rotatable bonds is 2. The quantitative estimate of drug-likeness (QED) is 0.817. The molecule has 1 unspecified atom stereocenters. The maximum Gasteiger partial charge on any atom is 0.126 e. The van der Waals surface area contributed by atoms with E-state index >= 15 is 0 Å². The van der Waals surface area contributed by atoms with Crippen LogP contribution in [0.15, 0.2) is 18.3 Å². The van der Waals surface area contributed by atoms with Gasteiger partial charge < -0.3 is 10.1 Å². The summed E-state index contributed by atoms with van der Waals surface area (Å²) in [6.07, 6.45) is 3.91. The number of hydrogen-bond acceptors (Lipinski definition) is 3. The average molecular weight is 213 g/mol. The zero-order valence-corrected chi connectivity index (χ0v) is 8.63. The summed E-state index contributed by atoms with van der Waals surface area (Å²) >= 11 is 5.74. The van der Waals surface area contributed by atoms with Crippen molar-refractivity contribution in [2.24, 2.45) is 0 Å². The summed E-state index contributed by atoms with van der Waals surface area (Å²) in [6, 6.07) is 4.11. The predicted octanol–water partition coefficient (Wildman–Crippen LogP) is 2.33. The summed E-state index contributed by atoms with van der Waals surface area (Å²) in [5.74, 6) is 0.866. The topological polar surface area (TPSA) is 34.1 Å². The van der Waals surface area contributed by atoms with Gasteiger partial charge in [-0.05, 0) is 25.0 Å². The molecule has 1 aliphatic heterocycles. The predicted molar refractivity (Wildman–Crippen MR) is 56.7 cm³/mol. The monoisotopic (exact) mass is 212 g/mol. The first-order chi connectivity index (χ1) is 6.84. The zero-order valence-electron chi connectivity index (χ0n) is 7.87. The average Bonchev–Trinajstić information content (AvgIpc) is 2.23. The Balaban J connectivity index is 1.92. The first-order valence-electron chi connectivity index (χ1n) is 4.80. The van der Waals surface area contributed by atoms with Gasteiger partial charge in [0.1, 0.15) is 5.82 Å². The van der Waals surface area contributed by atoms with Crippen LogP contribution in [0.5, 0.6) is 0 Å². The molecule has 1 aliphatic rings. The Morgan fingerprint density at radius 1 is 1.50 bits per heavy atom. The minimum absolute atomic E-state index is 0.387. The molecule has 1 saturated heterocycles. The lowest BCUT2D eigenvalue weighted by Crippen LogP contribution is -2.30. The van der Waals surface area contributed by atoms with Crippen molar-refractivity contribution in [3.8, 4) is 0 Å². The third-order valence-corrected chi connectivity index (χ3v) is 2.46. The van der Waals surface area contributed by atoms with E-state index in [2.05, 4.69) is 10.3 Å². The van der Waals surface area contributed by atoms with Crippen molar-refractivity contribution in [3.63, 3.8) is 0 Å². The maximum atomic E-state index is 5.74. The highest BCUT2D eigenvalue weighted by Crippen LogP contribution is 2.14. The summed E-state index contributed by atoms with van der Waals surface area (Å²) in [7, 11) is 0. The Hall–Kier alpha value is -0.800. The number of hydrogen-bond donors (Lipinski definition) is 1. The number of ether oxygens (including phenoxy) is 1. The van der Waals surface area contributed by atoms with E-state index in [9.17, 15) is 0 Å². The van der Waals surface area contributed by atoms with Crippen molar-refractivity contribution in [2.45, 2.75) is 18.9 Å². The lowest BCUT2D eigenvalue weighted by molar-refractivity contribution is 0.0875. The molecule has 0 saturated carbocycles. The van der Waals surface area contributed by atoms with Gasteiger partial charge in [-0.1, -0.05) is 11.6 Å². The van der Waals surface area contributed by atoms with Crippen molar-refractivity contribution in [1.82, 2.24) is 4.98 Å². The normalized spacial score (nSPS) is 21.9. The summed E-state index contributed by atoms with van der Waals surface area (Å²) in [4.78, 5) is 4.17. The lowest BCUT2D eigenvalue weighted by Gasteiger charge is -2.23. The molecule has 0 bridgehead atoms. The number of anilines is 1. The SMILES string of the molecule is Clc1ccc(NC2CCCOC2)nc1. The van der Waals surface area contributed by atoms with Gasteiger partial charge in [0.05, 0.1) is 17.7 Å². The van der Waals surface area contributed by atoms with E-state index in [0.717, 1.165) is 31.9 Å². The Morgan fingerprint density at radius 2 is 2.43 bits per heavy atom. The lowest BCUT2D eigenvalue weighted by atomic mass is 10.1. The van der Waals surface area contributed by atoms with E-state index in [1.165, 1.54) is 0 Å². The molecule has 1 aromatic rings. The van der Waals surface area contributed by atoms with Gasteiger partial charge in [-0.3, -0.25) is 0 Å². The molecule has 14 heavy (non-hydrogen) atoms. The molecule has 1 atom stereocenters. The number of pyridine rings is 1. The summed E-state index contributed by atoms with van der Waals surface area (Å²) in [5, 5.41) is 3.98. The Bertz CT molecular complexity index is 283. The molecule has 4 heteroatoms. The van der Waals surface area contributed by atoms with Crippen molar-refractivity contribution in [1.29, 1.82) is 0 Å². The number of aromatic nitrogens is 1. The zero-order chi connectivity index (χ0) is 9.80. The second kappa shape index (κ2) is 4.62. The van der Waals surface area contributed by atoms with Crippen LogP contribution < -0.4 is 5.32 Å². The van der Waals surface area contributed by atoms with Crippen molar-refractivity contribution in [2.75, 3.05) is 18.5 Å². The molecule has 0 spiro atoms. The van der Waals surface area contributed by atoms with Gasteiger partial charge in [0, 0.05) is 12.8 Å². The first kappa shape index (κ1) is 9.74. The minimum Gasteiger partial charge on any atom is -0.379 e. The van der Waals surface area contributed by atoms with E-state index in [1.807, 2.05) is 12.1 Å².